The summed E-state index contributed by atoms with van der Waals surface area (Å²) < 4.78 is 58.3. The molecule has 1 amide bonds. The average Bonchev–Trinajstić information content (AvgIpc) is 2.88. The van der Waals surface area contributed by atoms with Crippen LogP contribution in [0.15, 0.2) is 18.2 Å². The normalized spacial score (nSPS) is 14.7. The lowest BCUT2D eigenvalue weighted by Gasteiger charge is -2.31. The fraction of sp³-hybridized carbons (Fsp3) is 0.724. The van der Waals surface area contributed by atoms with Crippen molar-refractivity contribution in [1.29, 1.82) is 0 Å². The Labute approximate surface area is 219 Å². The monoisotopic (exact) mass is 529 g/mol. The van der Waals surface area contributed by atoms with Gasteiger partial charge in [-0.05, 0) is 37.5 Å². The van der Waals surface area contributed by atoms with Crippen LogP contribution in [0.25, 0.3) is 0 Å². The smallest absolute Gasteiger partial charge is 0.416 e. The van der Waals surface area contributed by atoms with E-state index in [-0.39, 0.29) is 25.0 Å². The van der Waals surface area contributed by atoms with Crippen molar-refractivity contribution in [3.05, 3.63) is 35.1 Å². The Bertz CT molecular complexity index is 820. The van der Waals surface area contributed by atoms with E-state index in [0.29, 0.717) is 37.6 Å². The van der Waals surface area contributed by atoms with E-state index < -0.39 is 29.0 Å². The topological polar surface area (TPSA) is 46.6 Å². The number of ether oxygens (including phenoxy) is 1. The summed E-state index contributed by atoms with van der Waals surface area (Å²) in [4.78, 5) is 26.3. The van der Waals surface area contributed by atoms with Crippen LogP contribution in [0.1, 0.15) is 119 Å². The van der Waals surface area contributed by atoms with E-state index in [1.165, 1.54) is 69.1 Å². The number of hydrogen-bond acceptors (Lipinski definition) is 3. The van der Waals surface area contributed by atoms with E-state index in [1.54, 1.807) is 0 Å². The molecule has 0 N–H and O–H groups in total. The van der Waals surface area contributed by atoms with Crippen LogP contribution in [0.5, 0.6) is 0 Å². The lowest BCUT2D eigenvalue weighted by atomic mass is 9.96. The number of benzene rings is 1. The van der Waals surface area contributed by atoms with Gasteiger partial charge < -0.3 is 9.64 Å². The molecule has 210 valence electrons. The van der Waals surface area contributed by atoms with Crippen molar-refractivity contribution in [2.45, 2.75) is 109 Å². The molecule has 0 aliphatic carbocycles. The fourth-order valence-electron chi connectivity index (χ4n) is 4.76. The molecule has 1 aliphatic rings. The van der Waals surface area contributed by atoms with Crippen molar-refractivity contribution in [2.24, 2.45) is 5.92 Å². The van der Waals surface area contributed by atoms with Crippen LogP contribution in [-0.2, 0) is 15.7 Å². The van der Waals surface area contributed by atoms with E-state index in [4.69, 9.17) is 4.74 Å². The van der Waals surface area contributed by atoms with Crippen molar-refractivity contribution in [2.75, 3.05) is 19.7 Å². The molecule has 0 unspecified atom stereocenters. The van der Waals surface area contributed by atoms with Crippen molar-refractivity contribution in [1.82, 2.24) is 4.90 Å². The van der Waals surface area contributed by atoms with E-state index >= 15 is 0 Å². The molecular formula is C29H43F4NO3. The standard InChI is InChI=1S/C29H43F4NO3/c1-2-3-4-5-6-7-8-9-10-11-12-13-14-21-37-28(36)23-17-19-34(20-18-23)27(35)25-22-24(29(31,32)33)15-16-26(25)30/h15-16,22-23H,2-14,17-21H2,1H3. The lowest BCUT2D eigenvalue weighted by molar-refractivity contribution is -0.150. The van der Waals surface area contributed by atoms with E-state index in [2.05, 4.69) is 6.92 Å². The highest BCUT2D eigenvalue weighted by Crippen LogP contribution is 2.31. The minimum atomic E-state index is -4.66. The molecule has 1 aromatic carbocycles. The number of carbonyl (C=O) groups excluding carboxylic acids is 2. The summed E-state index contributed by atoms with van der Waals surface area (Å²) in [5.74, 6) is -2.42. The maximum absolute atomic E-state index is 14.0. The predicted octanol–water partition coefficient (Wildman–Crippen LogP) is 8.33. The van der Waals surface area contributed by atoms with Crippen molar-refractivity contribution < 1.29 is 31.9 Å². The molecule has 1 fully saturated rings. The van der Waals surface area contributed by atoms with Gasteiger partial charge in [-0.1, -0.05) is 84.0 Å². The summed E-state index contributed by atoms with van der Waals surface area (Å²) in [5.41, 5.74) is -1.66. The van der Waals surface area contributed by atoms with Crippen molar-refractivity contribution >= 4 is 11.9 Å². The van der Waals surface area contributed by atoms with Gasteiger partial charge in [0.15, 0.2) is 0 Å². The van der Waals surface area contributed by atoms with Gasteiger partial charge in [-0.25, -0.2) is 4.39 Å². The zero-order chi connectivity index (χ0) is 27.1. The van der Waals surface area contributed by atoms with Crippen molar-refractivity contribution in [3.8, 4) is 0 Å². The fourth-order valence-corrected chi connectivity index (χ4v) is 4.76. The largest absolute Gasteiger partial charge is 0.465 e. The molecule has 1 saturated heterocycles. The Balaban J connectivity index is 1.55. The first-order valence-electron chi connectivity index (χ1n) is 14.1. The molecule has 4 nitrogen and oxygen atoms in total. The summed E-state index contributed by atoms with van der Waals surface area (Å²) in [7, 11) is 0. The van der Waals surface area contributed by atoms with Gasteiger partial charge in [0, 0.05) is 13.1 Å². The van der Waals surface area contributed by atoms with Gasteiger partial charge in [0.05, 0.1) is 23.7 Å². The Morgan fingerprint density at radius 2 is 1.38 bits per heavy atom. The lowest BCUT2D eigenvalue weighted by Crippen LogP contribution is -2.41. The molecule has 0 atom stereocenters. The second-order valence-electron chi connectivity index (χ2n) is 10.2. The van der Waals surface area contributed by atoms with Crippen LogP contribution in [0, 0.1) is 11.7 Å². The zero-order valence-corrected chi connectivity index (χ0v) is 22.2. The summed E-state index contributed by atoms with van der Waals surface area (Å²) in [6.07, 6.45) is 12.2. The summed E-state index contributed by atoms with van der Waals surface area (Å²) in [6, 6.07) is 1.83. The number of esters is 1. The van der Waals surface area contributed by atoms with Gasteiger partial charge in [-0.2, -0.15) is 13.2 Å². The first-order valence-corrected chi connectivity index (χ1v) is 14.1. The first-order chi connectivity index (χ1) is 17.7. The van der Waals surface area contributed by atoms with E-state index in [1.807, 2.05) is 0 Å². The Hall–Kier alpha value is -2.12. The number of likely N-dealkylation sites (tertiary alicyclic amines) is 1. The summed E-state index contributed by atoms with van der Waals surface area (Å²) in [5, 5.41) is 0. The maximum atomic E-state index is 14.0. The zero-order valence-electron chi connectivity index (χ0n) is 22.2. The molecule has 0 aromatic heterocycles. The average molecular weight is 530 g/mol. The first kappa shape index (κ1) is 31.1. The predicted molar refractivity (Wildman–Crippen MR) is 137 cm³/mol. The third-order valence-electron chi connectivity index (χ3n) is 7.13. The molecule has 37 heavy (non-hydrogen) atoms. The summed E-state index contributed by atoms with van der Waals surface area (Å²) >= 11 is 0. The molecule has 1 aromatic rings. The van der Waals surface area contributed by atoms with Gasteiger partial charge in [0.2, 0.25) is 0 Å². The molecule has 0 bridgehead atoms. The molecule has 8 heteroatoms. The third kappa shape index (κ3) is 11.4. The van der Waals surface area contributed by atoms with Crippen LogP contribution in [0.3, 0.4) is 0 Å². The Kier molecular flexibility index (Phi) is 14.0. The number of unbranched alkanes of at least 4 members (excludes halogenated alkanes) is 12. The van der Waals surface area contributed by atoms with Gasteiger partial charge in [0.25, 0.3) is 5.91 Å². The molecule has 0 saturated carbocycles. The van der Waals surface area contributed by atoms with Crippen LogP contribution in [0.2, 0.25) is 0 Å². The molecule has 1 heterocycles. The molecule has 1 aliphatic heterocycles. The molecule has 0 radical (unpaired) electrons. The maximum Gasteiger partial charge on any atom is 0.416 e. The number of nitrogens with zero attached hydrogens (tertiary/aromatic N) is 1. The van der Waals surface area contributed by atoms with Gasteiger partial charge >= 0.3 is 12.1 Å². The number of alkyl halides is 3. The number of halogens is 4. The van der Waals surface area contributed by atoms with Gasteiger partial charge in [-0.15, -0.1) is 0 Å². The number of amides is 1. The SMILES string of the molecule is CCCCCCCCCCCCCCCOC(=O)C1CCN(C(=O)c2cc(C(F)(F)F)ccc2F)CC1. The second-order valence-corrected chi connectivity index (χ2v) is 10.2. The van der Waals surface area contributed by atoms with Crippen LogP contribution in [0.4, 0.5) is 17.6 Å². The molecule has 0 spiro atoms. The minimum Gasteiger partial charge on any atom is -0.465 e. The third-order valence-corrected chi connectivity index (χ3v) is 7.13. The number of piperidine rings is 1. The minimum absolute atomic E-state index is 0.174. The highest BCUT2D eigenvalue weighted by molar-refractivity contribution is 5.95. The number of carbonyl (C=O) groups is 2. The molecule has 2 rings (SSSR count). The van der Waals surface area contributed by atoms with Crippen LogP contribution >= 0.6 is 0 Å². The Morgan fingerprint density at radius 3 is 1.89 bits per heavy atom. The van der Waals surface area contributed by atoms with Gasteiger partial charge in [-0.3, -0.25) is 9.59 Å². The second kappa shape index (κ2) is 16.7. The molecular weight excluding hydrogens is 486 g/mol. The van der Waals surface area contributed by atoms with Crippen LogP contribution < -0.4 is 0 Å². The van der Waals surface area contributed by atoms with Gasteiger partial charge in [0.1, 0.15) is 5.82 Å². The summed E-state index contributed by atoms with van der Waals surface area (Å²) in [6.45, 7) is 2.96. The highest BCUT2D eigenvalue weighted by atomic mass is 19.4. The number of rotatable bonds is 16. The quantitative estimate of drug-likeness (QED) is 0.123. The van der Waals surface area contributed by atoms with E-state index in [0.717, 1.165) is 19.3 Å². The highest BCUT2D eigenvalue weighted by Gasteiger charge is 2.34. The van der Waals surface area contributed by atoms with Crippen LogP contribution in [-0.4, -0.2) is 36.5 Å². The number of hydrogen-bond donors (Lipinski definition) is 0. The van der Waals surface area contributed by atoms with Crippen molar-refractivity contribution in [3.63, 3.8) is 0 Å². The van der Waals surface area contributed by atoms with E-state index in [9.17, 15) is 27.2 Å². The Morgan fingerprint density at radius 1 is 0.865 bits per heavy atom.